The molecule has 0 saturated carbocycles. The first-order chi connectivity index (χ1) is 15.2. The van der Waals surface area contributed by atoms with Crippen LogP contribution in [0.3, 0.4) is 0 Å². The number of rotatable bonds is 6. The number of ether oxygens (including phenoxy) is 1. The van der Waals surface area contributed by atoms with E-state index < -0.39 is 29.4 Å². The Morgan fingerprint density at radius 3 is 2.19 bits per heavy atom. The third-order valence-electron chi connectivity index (χ3n) is 6.46. The molecule has 1 aliphatic carbocycles. The Morgan fingerprint density at radius 2 is 1.66 bits per heavy atom. The minimum Gasteiger partial charge on any atom is -0.480 e. The first-order valence-electron chi connectivity index (χ1n) is 10.8. The Labute approximate surface area is 187 Å². The maximum absolute atomic E-state index is 12.7. The normalized spacial score (nSPS) is 19.3. The average Bonchev–Trinajstić information content (AvgIpc) is 3.07. The van der Waals surface area contributed by atoms with Crippen LogP contribution in [0.4, 0.5) is 4.79 Å². The van der Waals surface area contributed by atoms with E-state index in [-0.39, 0.29) is 25.0 Å². The fraction of sp³-hybridized carbons (Fsp3) is 0.400. The van der Waals surface area contributed by atoms with E-state index in [9.17, 15) is 19.5 Å². The Kier molecular flexibility index (Phi) is 5.67. The number of fused-ring (bicyclic) bond motifs is 3. The van der Waals surface area contributed by atoms with Gasteiger partial charge in [0.2, 0.25) is 5.91 Å². The summed E-state index contributed by atoms with van der Waals surface area (Å²) in [6.45, 7) is 6.00. The fourth-order valence-electron chi connectivity index (χ4n) is 4.86. The van der Waals surface area contributed by atoms with Gasteiger partial charge in [0.05, 0.1) is 5.92 Å². The highest BCUT2D eigenvalue weighted by molar-refractivity contribution is 5.88. The molecule has 0 spiro atoms. The first-order valence-corrected chi connectivity index (χ1v) is 10.8. The largest absolute Gasteiger partial charge is 0.480 e. The lowest BCUT2D eigenvalue weighted by Crippen LogP contribution is -2.68. The lowest BCUT2D eigenvalue weighted by Gasteiger charge is -2.52. The quantitative estimate of drug-likeness (QED) is 0.723. The summed E-state index contributed by atoms with van der Waals surface area (Å²) >= 11 is 0. The van der Waals surface area contributed by atoms with Gasteiger partial charge in [-0.25, -0.2) is 9.59 Å². The standard InChI is InChI=1S/C25H28N2O5/c1-15(22(28)27-14-25(2,3)21(27)23(29)30)12-26-24(31)32-13-20-18-10-6-4-8-16(18)17-9-5-7-11-19(17)20/h4-11,15,20-21H,12-14H2,1-3H3,(H,26,31)(H,29,30). The molecule has 4 rings (SSSR count). The van der Waals surface area contributed by atoms with E-state index in [1.165, 1.54) is 4.90 Å². The Bertz CT molecular complexity index is 1020. The van der Waals surface area contributed by atoms with Crippen LogP contribution in [0.2, 0.25) is 0 Å². The molecule has 7 nitrogen and oxygen atoms in total. The van der Waals surface area contributed by atoms with E-state index in [1.807, 2.05) is 38.1 Å². The molecule has 7 heteroatoms. The second-order valence-corrected chi connectivity index (χ2v) is 9.30. The van der Waals surface area contributed by atoms with Crippen LogP contribution >= 0.6 is 0 Å². The number of carbonyl (C=O) groups excluding carboxylic acids is 2. The zero-order chi connectivity index (χ0) is 23.0. The molecule has 2 aromatic rings. The number of carboxylic acids is 1. The number of hydrogen-bond donors (Lipinski definition) is 2. The van der Waals surface area contributed by atoms with Gasteiger partial charge in [-0.3, -0.25) is 4.79 Å². The number of likely N-dealkylation sites (tertiary alicyclic amines) is 1. The summed E-state index contributed by atoms with van der Waals surface area (Å²) in [5.74, 6) is -1.87. The SMILES string of the molecule is CC(CNC(=O)OCC1c2ccccc2-c2ccccc21)C(=O)N1CC(C)(C)C1C(=O)O. The van der Waals surface area contributed by atoms with E-state index in [2.05, 4.69) is 29.6 Å². The summed E-state index contributed by atoms with van der Waals surface area (Å²) in [6.07, 6.45) is -0.592. The molecule has 0 radical (unpaired) electrons. The highest BCUT2D eigenvalue weighted by Crippen LogP contribution is 2.44. The van der Waals surface area contributed by atoms with Gasteiger partial charge in [-0.1, -0.05) is 69.3 Å². The third kappa shape index (κ3) is 3.83. The number of alkyl carbamates (subject to hydrolysis) is 1. The van der Waals surface area contributed by atoms with Crippen molar-refractivity contribution in [1.29, 1.82) is 0 Å². The van der Waals surface area contributed by atoms with Gasteiger partial charge < -0.3 is 20.1 Å². The van der Waals surface area contributed by atoms with Crippen molar-refractivity contribution in [2.45, 2.75) is 32.7 Å². The van der Waals surface area contributed by atoms with E-state index in [0.29, 0.717) is 6.54 Å². The molecule has 32 heavy (non-hydrogen) atoms. The second-order valence-electron chi connectivity index (χ2n) is 9.30. The third-order valence-corrected chi connectivity index (χ3v) is 6.46. The molecule has 2 aromatic carbocycles. The second kappa shape index (κ2) is 8.30. The zero-order valence-corrected chi connectivity index (χ0v) is 18.5. The van der Waals surface area contributed by atoms with E-state index in [0.717, 1.165) is 22.3 Å². The molecule has 2 atom stereocenters. The van der Waals surface area contributed by atoms with E-state index >= 15 is 0 Å². The first kappa shape index (κ1) is 21.9. The molecule has 2 N–H and O–H groups in total. The number of nitrogens with zero attached hydrogens (tertiary/aromatic N) is 1. The van der Waals surface area contributed by atoms with Crippen molar-refractivity contribution in [2.75, 3.05) is 19.7 Å². The van der Waals surface area contributed by atoms with Gasteiger partial charge in [0, 0.05) is 24.4 Å². The summed E-state index contributed by atoms with van der Waals surface area (Å²) in [5, 5.41) is 12.1. The highest BCUT2D eigenvalue weighted by Gasteiger charge is 2.53. The molecule has 1 fully saturated rings. The Morgan fingerprint density at radius 1 is 1.09 bits per heavy atom. The van der Waals surface area contributed by atoms with Gasteiger partial charge in [0.1, 0.15) is 12.6 Å². The molecule has 0 bridgehead atoms. The van der Waals surface area contributed by atoms with Gasteiger partial charge in [0.25, 0.3) is 0 Å². The van der Waals surface area contributed by atoms with Gasteiger partial charge in [-0.2, -0.15) is 0 Å². The monoisotopic (exact) mass is 436 g/mol. The topological polar surface area (TPSA) is 95.9 Å². The lowest BCUT2D eigenvalue weighted by atomic mass is 9.74. The molecule has 1 aliphatic heterocycles. The van der Waals surface area contributed by atoms with Crippen molar-refractivity contribution in [3.8, 4) is 11.1 Å². The molecule has 168 valence electrons. The maximum atomic E-state index is 12.7. The molecule has 2 aliphatic rings. The Balaban J connectivity index is 1.32. The summed E-state index contributed by atoms with van der Waals surface area (Å²) in [7, 11) is 0. The van der Waals surface area contributed by atoms with Crippen LogP contribution < -0.4 is 5.32 Å². The van der Waals surface area contributed by atoms with Gasteiger partial charge in [0.15, 0.2) is 0 Å². The predicted octanol–water partition coefficient (Wildman–Crippen LogP) is 3.48. The molecule has 2 unspecified atom stereocenters. The van der Waals surface area contributed by atoms with Gasteiger partial charge >= 0.3 is 12.1 Å². The lowest BCUT2D eigenvalue weighted by molar-refractivity contribution is -0.173. The van der Waals surface area contributed by atoms with Crippen LogP contribution in [0, 0.1) is 11.3 Å². The smallest absolute Gasteiger partial charge is 0.407 e. The van der Waals surface area contributed by atoms with Crippen LogP contribution in [0.15, 0.2) is 48.5 Å². The Hall–Kier alpha value is -3.35. The maximum Gasteiger partial charge on any atom is 0.407 e. The van der Waals surface area contributed by atoms with Crippen LogP contribution in [-0.4, -0.2) is 53.7 Å². The summed E-state index contributed by atoms with van der Waals surface area (Å²) in [6, 6.07) is 15.4. The number of benzene rings is 2. The summed E-state index contributed by atoms with van der Waals surface area (Å²) < 4.78 is 5.49. The molecule has 2 amide bonds. The number of amides is 2. The van der Waals surface area contributed by atoms with Crippen LogP contribution in [0.1, 0.15) is 37.8 Å². The molecular weight excluding hydrogens is 408 g/mol. The van der Waals surface area contributed by atoms with Crippen molar-refractivity contribution in [2.24, 2.45) is 11.3 Å². The average molecular weight is 437 g/mol. The summed E-state index contributed by atoms with van der Waals surface area (Å²) in [5.41, 5.74) is 4.11. The van der Waals surface area contributed by atoms with Crippen LogP contribution in [0.25, 0.3) is 11.1 Å². The summed E-state index contributed by atoms with van der Waals surface area (Å²) in [4.78, 5) is 37.9. The van der Waals surface area contributed by atoms with Crippen molar-refractivity contribution < 1.29 is 24.2 Å². The number of nitrogens with one attached hydrogen (secondary N) is 1. The van der Waals surface area contributed by atoms with Crippen LogP contribution in [-0.2, 0) is 14.3 Å². The minimum atomic E-state index is -1.01. The highest BCUT2D eigenvalue weighted by atomic mass is 16.5. The molecule has 0 aromatic heterocycles. The van der Waals surface area contributed by atoms with Crippen molar-refractivity contribution >= 4 is 18.0 Å². The fourth-order valence-corrected chi connectivity index (χ4v) is 4.86. The van der Waals surface area contributed by atoms with Crippen LogP contribution in [0.5, 0.6) is 0 Å². The van der Waals surface area contributed by atoms with Crippen molar-refractivity contribution in [1.82, 2.24) is 10.2 Å². The predicted molar refractivity (Wildman–Crippen MR) is 119 cm³/mol. The van der Waals surface area contributed by atoms with E-state index in [1.54, 1.807) is 6.92 Å². The number of carbonyl (C=O) groups is 3. The minimum absolute atomic E-state index is 0.0353. The molecule has 1 saturated heterocycles. The zero-order valence-electron chi connectivity index (χ0n) is 18.5. The number of aliphatic carboxylic acids is 1. The van der Waals surface area contributed by atoms with Crippen molar-refractivity contribution in [3.05, 3.63) is 59.7 Å². The van der Waals surface area contributed by atoms with Crippen molar-refractivity contribution in [3.63, 3.8) is 0 Å². The number of carboxylic acid groups (broad SMARTS) is 1. The number of hydrogen-bond acceptors (Lipinski definition) is 4. The van der Waals surface area contributed by atoms with Gasteiger partial charge in [-0.05, 0) is 22.3 Å². The molecule has 1 heterocycles. The van der Waals surface area contributed by atoms with Gasteiger partial charge in [-0.15, -0.1) is 0 Å². The molecular formula is C25H28N2O5. The van der Waals surface area contributed by atoms with E-state index in [4.69, 9.17) is 4.74 Å².